The fourth-order valence-corrected chi connectivity index (χ4v) is 15.7. The second-order valence-corrected chi connectivity index (χ2v) is 21.4. The molecule has 0 aromatic carbocycles. The zero-order valence-electron chi connectivity index (χ0n) is 11.8. The molecular formula is C12H26N3Zr. The van der Waals surface area contributed by atoms with Crippen molar-refractivity contribution in [1.82, 2.24) is 8.53 Å². The van der Waals surface area contributed by atoms with E-state index in [9.17, 15) is 0 Å². The van der Waals surface area contributed by atoms with Crippen LogP contribution < -0.4 is 0 Å². The normalized spacial score (nSPS) is 19.4. The Bertz CT molecular complexity index is 305. The fraction of sp³-hybridized carbons (Fsp3) is 0.667. The molecule has 0 N–H and O–H groups in total. The van der Waals surface area contributed by atoms with Crippen molar-refractivity contribution in [3.63, 3.8) is 0 Å². The van der Waals surface area contributed by atoms with E-state index >= 15 is 0 Å². The van der Waals surface area contributed by atoms with Crippen molar-refractivity contribution in [2.75, 3.05) is 42.3 Å². The van der Waals surface area contributed by atoms with Gasteiger partial charge in [-0.1, -0.05) is 0 Å². The summed E-state index contributed by atoms with van der Waals surface area (Å²) in [5.74, 6) is 0. The van der Waals surface area contributed by atoms with Gasteiger partial charge in [0.2, 0.25) is 0 Å². The second kappa shape index (κ2) is 4.49. The Hall–Kier alpha value is 0.243. The van der Waals surface area contributed by atoms with E-state index in [-0.39, 0.29) is 0 Å². The predicted octanol–water partition coefficient (Wildman–Crippen LogP) is 2.00. The molecule has 1 rings (SSSR count). The monoisotopic (exact) mass is 302 g/mol. The number of hydrogen-bond acceptors (Lipinski definition) is 3. The average Bonchev–Trinajstić information content (AvgIpc) is 2.68. The first-order valence-electron chi connectivity index (χ1n) is 5.82. The van der Waals surface area contributed by atoms with Gasteiger partial charge in [0.05, 0.1) is 0 Å². The Kier molecular flexibility index (Phi) is 4.01. The SMILES string of the molecule is C[N](C)[Zr]([CH3])([C]1=CC=CC1)([N](C)C)[N](C)C. The zero-order valence-corrected chi connectivity index (χ0v) is 14.2. The molecule has 0 saturated heterocycles. The Morgan fingerprint density at radius 1 is 0.938 bits per heavy atom. The van der Waals surface area contributed by atoms with Crippen molar-refractivity contribution in [2.45, 2.75) is 11.1 Å². The van der Waals surface area contributed by atoms with Crippen LogP contribution in [0.15, 0.2) is 21.5 Å². The first-order chi connectivity index (χ1) is 7.26. The first kappa shape index (κ1) is 14.3. The van der Waals surface area contributed by atoms with Crippen LogP contribution in [0.3, 0.4) is 0 Å². The molecule has 0 saturated carbocycles. The predicted molar refractivity (Wildman–Crippen MR) is 68.8 cm³/mol. The van der Waals surface area contributed by atoms with Crippen LogP contribution in [0.5, 0.6) is 0 Å². The summed E-state index contributed by atoms with van der Waals surface area (Å²) in [6.45, 7) is 0. The molecule has 3 nitrogen and oxygen atoms in total. The van der Waals surface area contributed by atoms with Gasteiger partial charge in [-0.25, -0.2) is 0 Å². The summed E-state index contributed by atoms with van der Waals surface area (Å²) in [5, 5.41) is 0. The van der Waals surface area contributed by atoms with Crippen LogP contribution in [-0.4, -0.2) is 50.8 Å². The molecule has 16 heavy (non-hydrogen) atoms. The molecule has 4 heteroatoms. The molecule has 0 bridgehead atoms. The van der Waals surface area contributed by atoms with Crippen molar-refractivity contribution in [3.8, 4) is 0 Å². The Morgan fingerprint density at radius 2 is 1.38 bits per heavy atom. The molecule has 1 aliphatic carbocycles. The molecule has 0 fully saturated rings. The Morgan fingerprint density at radius 3 is 1.62 bits per heavy atom. The quantitative estimate of drug-likeness (QED) is 0.786. The van der Waals surface area contributed by atoms with E-state index in [1.165, 1.54) is 0 Å². The van der Waals surface area contributed by atoms with Gasteiger partial charge in [0.25, 0.3) is 0 Å². The number of hydrogen-bond donors (Lipinski definition) is 0. The molecular weight excluding hydrogens is 277 g/mol. The molecule has 0 aliphatic heterocycles. The molecule has 0 aromatic heterocycles. The topological polar surface area (TPSA) is 9.72 Å². The minimum absolute atomic E-state index is 1.11. The van der Waals surface area contributed by atoms with Gasteiger partial charge in [0, 0.05) is 0 Å². The summed E-state index contributed by atoms with van der Waals surface area (Å²) in [4.78, 5) is 0. The third-order valence-corrected chi connectivity index (χ3v) is 25.1. The molecule has 0 spiro atoms. The summed E-state index contributed by atoms with van der Waals surface area (Å²) in [5.41, 5.74) is 0. The molecule has 93 valence electrons. The Balaban J connectivity index is 3.40. The summed E-state index contributed by atoms with van der Waals surface area (Å²) in [7, 11) is 13.4. The van der Waals surface area contributed by atoms with E-state index in [0.717, 1.165) is 6.42 Å². The van der Waals surface area contributed by atoms with Crippen molar-refractivity contribution < 1.29 is 19.7 Å². The third-order valence-electron chi connectivity index (χ3n) is 4.74. The molecule has 0 amide bonds. The summed E-state index contributed by atoms with van der Waals surface area (Å²) in [6.07, 6.45) is 7.90. The number of allylic oxidation sites excluding steroid dienone is 4. The van der Waals surface area contributed by atoms with Crippen molar-refractivity contribution in [1.29, 1.82) is 0 Å². The third kappa shape index (κ3) is 1.62. The fourth-order valence-electron chi connectivity index (χ4n) is 2.94. The van der Waals surface area contributed by atoms with E-state index < -0.39 is 19.7 Å². The van der Waals surface area contributed by atoms with E-state index in [0.29, 0.717) is 0 Å². The Labute approximate surface area is 103 Å². The van der Waals surface area contributed by atoms with Gasteiger partial charge in [0.1, 0.15) is 0 Å². The van der Waals surface area contributed by atoms with E-state index in [1.807, 2.05) is 0 Å². The van der Waals surface area contributed by atoms with Gasteiger partial charge < -0.3 is 0 Å². The van der Waals surface area contributed by atoms with Gasteiger partial charge in [-0.15, -0.1) is 0 Å². The second-order valence-electron chi connectivity index (χ2n) is 5.56. The van der Waals surface area contributed by atoms with Gasteiger partial charge in [0.15, 0.2) is 0 Å². The first-order valence-corrected chi connectivity index (χ1v) is 12.8. The van der Waals surface area contributed by atoms with Crippen molar-refractivity contribution in [3.05, 3.63) is 21.5 Å². The minimum atomic E-state index is -3.32. The van der Waals surface area contributed by atoms with Crippen molar-refractivity contribution >= 4 is 0 Å². The summed E-state index contributed by atoms with van der Waals surface area (Å²) in [6, 6.07) is 0. The maximum atomic E-state index is 2.49. The van der Waals surface area contributed by atoms with Crippen LogP contribution in [-0.2, 0) is 19.7 Å². The number of rotatable bonds is 4. The molecule has 0 aromatic rings. The summed E-state index contributed by atoms with van der Waals surface area (Å²) >= 11 is -3.32. The number of nitrogens with zero attached hydrogens (tertiary/aromatic N) is 3. The zero-order chi connectivity index (χ0) is 12.6. The van der Waals surface area contributed by atoms with Gasteiger partial charge in [-0.05, 0) is 0 Å². The van der Waals surface area contributed by atoms with Crippen LogP contribution in [0.4, 0.5) is 0 Å². The van der Waals surface area contributed by atoms with E-state index in [4.69, 9.17) is 0 Å². The van der Waals surface area contributed by atoms with Crippen LogP contribution >= 0.6 is 0 Å². The van der Waals surface area contributed by atoms with Gasteiger partial charge in [-0.3, -0.25) is 0 Å². The standard InChI is InChI=1S/C5H5.3C2H6N.CH3.Zr/c1-2-4-5-3-1;3*1-3-2;;/h1-3H,4H2;3*1-2H3;1H3;/q;3*-1;;+3. The van der Waals surface area contributed by atoms with E-state index in [2.05, 4.69) is 73.7 Å². The molecule has 0 unspecified atom stereocenters. The molecule has 0 atom stereocenters. The molecule has 1 aliphatic rings. The maximum absolute atomic E-state index is 3.32. The van der Waals surface area contributed by atoms with Crippen LogP contribution in [0.2, 0.25) is 4.63 Å². The van der Waals surface area contributed by atoms with E-state index in [1.54, 1.807) is 3.28 Å². The summed E-state index contributed by atoms with van der Waals surface area (Å²) < 4.78 is 11.6. The van der Waals surface area contributed by atoms with Gasteiger partial charge in [-0.2, -0.15) is 0 Å². The average molecular weight is 304 g/mol. The van der Waals surface area contributed by atoms with Crippen LogP contribution in [0, 0.1) is 0 Å². The molecule has 0 heterocycles. The molecule has 0 radical (unpaired) electrons. The van der Waals surface area contributed by atoms with Crippen molar-refractivity contribution in [2.24, 2.45) is 0 Å². The van der Waals surface area contributed by atoms with Crippen LogP contribution in [0.25, 0.3) is 0 Å². The van der Waals surface area contributed by atoms with Crippen LogP contribution in [0.1, 0.15) is 6.42 Å². The van der Waals surface area contributed by atoms with Gasteiger partial charge >= 0.3 is 103 Å².